The van der Waals surface area contributed by atoms with Gasteiger partial charge in [-0.15, -0.1) is 11.3 Å². The van der Waals surface area contributed by atoms with Crippen LogP contribution in [0.15, 0.2) is 10.9 Å². The molecule has 0 atom stereocenters. The van der Waals surface area contributed by atoms with Crippen molar-refractivity contribution in [3.05, 3.63) is 16.6 Å². The number of aryl methyl sites for hydroxylation is 1. The molecule has 1 aromatic rings. The Kier molecular flexibility index (Phi) is 4.02. The first-order valence-corrected chi connectivity index (χ1v) is 7.29. The van der Waals surface area contributed by atoms with Gasteiger partial charge in [0, 0.05) is 24.4 Å². The van der Waals surface area contributed by atoms with Crippen molar-refractivity contribution in [1.82, 2.24) is 9.88 Å². The Morgan fingerprint density at radius 2 is 2.33 bits per heavy atom. The number of carbonyl (C=O) groups is 1. The van der Waals surface area contributed by atoms with Gasteiger partial charge in [0.2, 0.25) is 5.91 Å². The smallest absolute Gasteiger partial charge is 0.223 e. The van der Waals surface area contributed by atoms with Gasteiger partial charge in [-0.2, -0.15) is 0 Å². The highest BCUT2D eigenvalue weighted by Gasteiger charge is 2.35. The third-order valence-corrected chi connectivity index (χ3v) is 3.58. The predicted octanol–water partition coefficient (Wildman–Crippen LogP) is 1.84. The molecule has 1 N–H and O–H groups in total. The molecule has 1 heterocycles. The number of thiazole rings is 1. The number of nitrogens with zero attached hydrogens (tertiary/aromatic N) is 2. The topological polar surface area (TPSA) is 53.4 Å². The van der Waals surface area contributed by atoms with Crippen molar-refractivity contribution >= 4 is 17.2 Å². The summed E-state index contributed by atoms with van der Waals surface area (Å²) in [6.07, 6.45) is 3.31. The summed E-state index contributed by atoms with van der Waals surface area (Å²) in [6, 6.07) is 0.347. The molecule has 1 aliphatic rings. The van der Waals surface area contributed by atoms with Gasteiger partial charge in [-0.25, -0.2) is 4.98 Å². The van der Waals surface area contributed by atoms with Crippen molar-refractivity contribution in [3.63, 3.8) is 0 Å². The number of amides is 1. The first-order valence-electron chi connectivity index (χ1n) is 6.34. The van der Waals surface area contributed by atoms with Crippen LogP contribution in [0, 0.1) is 0 Å². The Hall–Kier alpha value is -0.940. The van der Waals surface area contributed by atoms with E-state index in [4.69, 9.17) is 0 Å². The number of carbonyl (C=O) groups excluding carboxylic acids is 1. The molecule has 0 unspecified atom stereocenters. The van der Waals surface area contributed by atoms with Crippen molar-refractivity contribution < 1.29 is 9.90 Å². The lowest BCUT2D eigenvalue weighted by atomic mass is 10.1. The first-order chi connectivity index (χ1) is 8.46. The number of hydrogen-bond acceptors (Lipinski definition) is 4. The van der Waals surface area contributed by atoms with Crippen LogP contribution in [0.1, 0.15) is 38.8 Å². The lowest BCUT2D eigenvalue weighted by Crippen LogP contribution is -2.43. The molecular formula is C13H20N2O2S. The zero-order valence-corrected chi connectivity index (χ0v) is 11.7. The third kappa shape index (κ3) is 4.07. The van der Waals surface area contributed by atoms with Crippen molar-refractivity contribution in [1.29, 1.82) is 0 Å². The van der Waals surface area contributed by atoms with Crippen molar-refractivity contribution in [2.24, 2.45) is 0 Å². The maximum atomic E-state index is 12.2. The van der Waals surface area contributed by atoms with Crippen molar-refractivity contribution in [2.45, 2.75) is 51.2 Å². The summed E-state index contributed by atoms with van der Waals surface area (Å²) in [5.74, 6) is 0.132. The maximum absolute atomic E-state index is 12.2. The highest BCUT2D eigenvalue weighted by atomic mass is 32.1. The fraction of sp³-hybridized carbons (Fsp3) is 0.692. The van der Waals surface area contributed by atoms with E-state index in [0.717, 1.165) is 18.5 Å². The van der Waals surface area contributed by atoms with Gasteiger partial charge >= 0.3 is 0 Å². The molecule has 1 aliphatic carbocycles. The molecule has 1 amide bonds. The van der Waals surface area contributed by atoms with Crippen LogP contribution in [0.3, 0.4) is 0 Å². The highest BCUT2D eigenvalue weighted by molar-refractivity contribution is 7.07. The van der Waals surface area contributed by atoms with Crippen LogP contribution in [-0.4, -0.2) is 39.1 Å². The molecular weight excluding hydrogens is 248 g/mol. The van der Waals surface area contributed by atoms with Crippen LogP contribution in [0.25, 0.3) is 0 Å². The molecule has 18 heavy (non-hydrogen) atoms. The Morgan fingerprint density at radius 3 is 2.83 bits per heavy atom. The van der Waals surface area contributed by atoms with E-state index >= 15 is 0 Å². The largest absolute Gasteiger partial charge is 0.389 e. The summed E-state index contributed by atoms with van der Waals surface area (Å²) in [5.41, 5.74) is 1.95. The molecule has 4 nitrogen and oxygen atoms in total. The van der Waals surface area contributed by atoms with Gasteiger partial charge in [-0.1, -0.05) is 0 Å². The molecule has 1 aromatic heterocycles. The minimum absolute atomic E-state index is 0.132. The monoisotopic (exact) mass is 268 g/mol. The second-order valence-electron chi connectivity index (χ2n) is 5.55. The summed E-state index contributed by atoms with van der Waals surface area (Å²) >= 11 is 1.55. The van der Waals surface area contributed by atoms with Gasteiger partial charge in [-0.3, -0.25) is 4.79 Å². The van der Waals surface area contributed by atoms with Gasteiger partial charge in [-0.05, 0) is 33.1 Å². The average molecular weight is 268 g/mol. The molecule has 0 bridgehead atoms. The summed E-state index contributed by atoms with van der Waals surface area (Å²) in [4.78, 5) is 18.2. The second-order valence-corrected chi connectivity index (χ2v) is 6.26. The Balaban J connectivity index is 1.88. The fourth-order valence-electron chi connectivity index (χ4n) is 1.96. The summed E-state index contributed by atoms with van der Waals surface area (Å²) in [7, 11) is 0. The number of aliphatic hydroxyl groups is 1. The van der Waals surface area contributed by atoms with Gasteiger partial charge in [0.05, 0.1) is 16.8 Å². The number of rotatable bonds is 6. The standard InChI is InChI=1S/C13H20N2O2S/c1-13(2,17)8-15(11-4-5-11)12(16)6-3-10-7-18-9-14-10/h7,9,11,17H,3-6,8H2,1-2H3. The molecule has 0 spiro atoms. The zero-order chi connectivity index (χ0) is 13.2. The lowest BCUT2D eigenvalue weighted by Gasteiger charge is -2.29. The Labute approximate surface area is 112 Å². The van der Waals surface area contributed by atoms with E-state index in [1.807, 2.05) is 10.3 Å². The third-order valence-electron chi connectivity index (χ3n) is 2.94. The second kappa shape index (κ2) is 5.36. The van der Waals surface area contributed by atoms with Gasteiger partial charge in [0.25, 0.3) is 0 Å². The van der Waals surface area contributed by atoms with Crippen LogP contribution in [0.5, 0.6) is 0 Å². The highest BCUT2D eigenvalue weighted by Crippen LogP contribution is 2.29. The molecule has 1 fully saturated rings. The summed E-state index contributed by atoms with van der Waals surface area (Å²) in [5, 5.41) is 11.8. The van der Waals surface area contributed by atoms with Gasteiger partial charge in [0.15, 0.2) is 0 Å². The predicted molar refractivity (Wildman–Crippen MR) is 71.5 cm³/mol. The van der Waals surface area contributed by atoms with Crippen LogP contribution < -0.4 is 0 Å². The van der Waals surface area contributed by atoms with E-state index < -0.39 is 5.60 Å². The molecule has 0 aromatic carbocycles. The molecule has 0 radical (unpaired) electrons. The van der Waals surface area contributed by atoms with Gasteiger partial charge in [0.1, 0.15) is 0 Å². The minimum atomic E-state index is -0.821. The van der Waals surface area contributed by atoms with E-state index in [-0.39, 0.29) is 5.91 Å². The summed E-state index contributed by atoms with van der Waals surface area (Å²) < 4.78 is 0. The van der Waals surface area contributed by atoms with Gasteiger partial charge < -0.3 is 10.0 Å². The molecule has 1 saturated carbocycles. The van der Waals surface area contributed by atoms with Crippen molar-refractivity contribution in [2.75, 3.05) is 6.54 Å². The first kappa shape index (κ1) is 13.5. The van der Waals surface area contributed by atoms with Crippen LogP contribution in [0.4, 0.5) is 0 Å². The normalized spacial score (nSPS) is 15.7. The Morgan fingerprint density at radius 1 is 1.61 bits per heavy atom. The number of aromatic nitrogens is 1. The minimum Gasteiger partial charge on any atom is -0.389 e. The van der Waals surface area contributed by atoms with E-state index in [1.165, 1.54) is 0 Å². The van der Waals surface area contributed by atoms with E-state index in [0.29, 0.717) is 25.4 Å². The van der Waals surface area contributed by atoms with Crippen LogP contribution in [-0.2, 0) is 11.2 Å². The van der Waals surface area contributed by atoms with Crippen molar-refractivity contribution in [3.8, 4) is 0 Å². The Bertz CT molecular complexity index is 394. The van der Waals surface area contributed by atoms with E-state index in [1.54, 1.807) is 30.7 Å². The molecule has 100 valence electrons. The van der Waals surface area contributed by atoms with Crippen LogP contribution in [0.2, 0.25) is 0 Å². The van der Waals surface area contributed by atoms with E-state index in [9.17, 15) is 9.90 Å². The van der Waals surface area contributed by atoms with Crippen LogP contribution >= 0.6 is 11.3 Å². The fourth-order valence-corrected chi connectivity index (χ4v) is 2.56. The molecule has 0 saturated heterocycles. The maximum Gasteiger partial charge on any atom is 0.223 e. The zero-order valence-electron chi connectivity index (χ0n) is 10.9. The summed E-state index contributed by atoms with van der Waals surface area (Å²) in [6.45, 7) is 3.92. The quantitative estimate of drug-likeness (QED) is 0.856. The SMILES string of the molecule is CC(C)(O)CN(C(=O)CCc1cscn1)C1CC1. The average Bonchev–Trinajstić information content (AvgIpc) is 2.98. The lowest BCUT2D eigenvalue weighted by molar-refractivity contribution is -0.134. The molecule has 5 heteroatoms. The molecule has 0 aliphatic heterocycles. The van der Waals surface area contributed by atoms with E-state index in [2.05, 4.69) is 4.98 Å². The number of hydrogen-bond donors (Lipinski definition) is 1. The molecule has 2 rings (SSSR count).